The molecule has 0 amide bonds. The summed E-state index contributed by atoms with van der Waals surface area (Å²) < 4.78 is 92.9. The molecule has 3 aromatic rings. The Morgan fingerprint density at radius 3 is 2.33 bits per heavy atom. The Bertz CT molecular complexity index is 1420. The molecule has 6 nitrogen and oxygen atoms in total. The minimum atomic E-state index is -4.90. The SMILES string of the molecule is CN1C[C@H](F)C[C@]1(C)COc1nc(N2CC3CCC(C2)N3)c2cc(C(F)(F)F)c(-c3ccc(F)cc3)c(F)c2n1. The molecule has 3 saturated heterocycles. The Labute approximate surface area is 227 Å². The molecule has 214 valence electrons. The van der Waals surface area contributed by atoms with Crippen molar-refractivity contribution in [3.8, 4) is 17.1 Å². The van der Waals surface area contributed by atoms with Crippen LogP contribution in [0.2, 0.25) is 0 Å². The van der Waals surface area contributed by atoms with Crippen molar-refractivity contribution in [1.82, 2.24) is 20.2 Å². The number of ether oxygens (including phenoxy) is 1. The van der Waals surface area contributed by atoms with Crippen molar-refractivity contribution in [2.24, 2.45) is 0 Å². The van der Waals surface area contributed by atoms with Crippen LogP contribution in [0.1, 0.15) is 31.7 Å². The van der Waals surface area contributed by atoms with Crippen LogP contribution >= 0.6 is 0 Å². The van der Waals surface area contributed by atoms with Gasteiger partial charge in [0.2, 0.25) is 0 Å². The largest absolute Gasteiger partial charge is 0.461 e. The third-order valence-corrected chi connectivity index (χ3v) is 8.41. The molecular formula is C28H29F6N5O. The van der Waals surface area contributed by atoms with E-state index in [9.17, 15) is 22.0 Å². The van der Waals surface area contributed by atoms with E-state index in [0.717, 1.165) is 43.2 Å². The van der Waals surface area contributed by atoms with Gasteiger partial charge in [-0.1, -0.05) is 12.1 Å². The number of anilines is 1. The first-order chi connectivity index (χ1) is 18.9. The van der Waals surface area contributed by atoms with Gasteiger partial charge in [-0.2, -0.15) is 23.1 Å². The third-order valence-electron chi connectivity index (χ3n) is 8.41. The zero-order valence-electron chi connectivity index (χ0n) is 22.0. The van der Waals surface area contributed by atoms with Gasteiger partial charge in [0.1, 0.15) is 29.9 Å². The van der Waals surface area contributed by atoms with Crippen LogP contribution in [0.5, 0.6) is 6.01 Å². The number of hydrogen-bond acceptors (Lipinski definition) is 6. The zero-order chi connectivity index (χ0) is 28.4. The number of aromatic nitrogens is 2. The third kappa shape index (κ3) is 4.85. The fraction of sp³-hybridized carbons (Fsp3) is 0.500. The van der Waals surface area contributed by atoms with Crippen LogP contribution in [0, 0.1) is 11.6 Å². The molecule has 2 unspecified atom stereocenters. The second-order valence-corrected chi connectivity index (χ2v) is 11.4. The first-order valence-corrected chi connectivity index (χ1v) is 13.3. The molecular weight excluding hydrogens is 536 g/mol. The predicted octanol–water partition coefficient (Wildman–Crippen LogP) is 5.35. The summed E-state index contributed by atoms with van der Waals surface area (Å²) in [4.78, 5) is 12.4. The Morgan fingerprint density at radius 2 is 1.73 bits per heavy atom. The van der Waals surface area contributed by atoms with E-state index in [0.29, 0.717) is 13.1 Å². The molecule has 12 heteroatoms. The predicted molar refractivity (Wildman–Crippen MR) is 138 cm³/mol. The first kappa shape index (κ1) is 27.1. The van der Waals surface area contributed by atoms with E-state index in [2.05, 4.69) is 15.3 Å². The fourth-order valence-corrected chi connectivity index (χ4v) is 6.19. The summed E-state index contributed by atoms with van der Waals surface area (Å²) >= 11 is 0. The Balaban J connectivity index is 1.51. The number of alkyl halides is 4. The van der Waals surface area contributed by atoms with E-state index in [1.807, 2.05) is 16.7 Å². The molecule has 3 aliphatic rings. The van der Waals surface area contributed by atoms with Gasteiger partial charge < -0.3 is 15.0 Å². The summed E-state index contributed by atoms with van der Waals surface area (Å²) in [5, 5.41) is 3.38. The van der Waals surface area contributed by atoms with Crippen LogP contribution in [-0.2, 0) is 6.18 Å². The number of nitrogens with one attached hydrogen (secondary N) is 1. The molecule has 3 aliphatic heterocycles. The molecule has 2 bridgehead atoms. The van der Waals surface area contributed by atoms with Crippen molar-refractivity contribution in [3.05, 3.63) is 47.5 Å². The quantitative estimate of drug-likeness (QED) is 0.422. The van der Waals surface area contributed by atoms with Crippen LogP contribution in [0.3, 0.4) is 0 Å². The average Bonchev–Trinajstić information content (AvgIpc) is 3.37. The number of halogens is 6. The van der Waals surface area contributed by atoms with Gasteiger partial charge in [-0.05, 0) is 50.6 Å². The first-order valence-electron chi connectivity index (χ1n) is 13.3. The van der Waals surface area contributed by atoms with Gasteiger partial charge in [0.15, 0.2) is 5.82 Å². The molecule has 0 spiro atoms. The van der Waals surface area contributed by atoms with Crippen molar-refractivity contribution >= 4 is 16.7 Å². The number of fused-ring (bicyclic) bond motifs is 3. The minimum Gasteiger partial charge on any atom is -0.461 e. The highest BCUT2D eigenvalue weighted by Gasteiger charge is 2.42. The van der Waals surface area contributed by atoms with E-state index < -0.39 is 40.6 Å². The maximum atomic E-state index is 16.2. The lowest BCUT2D eigenvalue weighted by molar-refractivity contribution is -0.137. The van der Waals surface area contributed by atoms with Gasteiger partial charge in [-0.15, -0.1) is 0 Å². The summed E-state index contributed by atoms with van der Waals surface area (Å²) in [6.07, 6.45) is -3.88. The molecule has 40 heavy (non-hydrogen) atoms. The second-order valence-electron chi connectivity index (χ2n) is 11.4. The van der Waals surface area contributed by atoms with Crippen LogP contribution < -0.4 is 15.0 Å². The highest BCUT2D eigenvalue weighted by Crippen LogP contribution is 2.44. The minimum absolute atomic E-state index is 0.00868. The molecule has 1 N–H and O–H groups in total. The van der Waals surface area contributed by atoms with Crippen molar-refractivity contribution in [2.45, 2.75) is 56.2 Å². The summed E-state index contributed by atoms with van der Waals surface area (Å²) in [6.45, 7) is 3.05. The molecule has 2 aromatic carbocycles. The number of hydrogen-bond donors (Lipinski definition) is 1. The number of benzene rings is 2. The van der Waals surface area contributed by atoms with Gasteiger partial charge >= 0.3 is 12.2 Å². The number of likely N-dealkylation sites (tertiary alicyclic amines) is 1. The van der Waals surface area contributed by atoms with E-state index in [1.165, 1.54) is 0 Å². The molecule has 0 radical (unpaired) electrons. The summed E-state index contributed by atoms with van der Waals surface area (Å²) in [7, 11) is 1.78. The highest BCUT2D eigenvalue weighted by atomic mass is 19.4. The molecule has 1 aromatic heterocycles. The van der Waals surface area contributed by atoms with E-state index >= 15 is 4.39 Å². The topological polar surface area (TPSA) is 53.5 Å². The van der Waals surface area contributed by atoms with Crippen molar-refractivity contribution < 1.29 is 31.1 Å². The zero-order valence-corrected chi connectivity index (χ0v) is 22.0. The lowest BCUT2D eigenvalue weighted by Crippen LogP contribution is -2.51. The van der Waals surface area contributed by atoms with Gasteiger partial charge in [0.25, 0.3) is 0 Å². The summed E-state index contributed by atoms with van der Waals surface area (Å²) in [5.74, 6) is -1.70. The number of piperazine rings is 1. The summed E-state index contributed by atoms with van der Waals surface area (Å²) in [5.41, 5.74) is -3.05. The van der Waals surface area contributed by atoms with Gasteiger partial charge in [0.05, 0.1) is 11.1 Å². The second kappa shape index (κ2) is 9.76. The smallest absolute Gasteiger partial charge is 0.417 e. The molecule has 4 atom stereocenters. The maximum Gasteiger partial charge on any atom is 0.417 e. The lowest BCUT2D eigenvalue weighted by Gasteiger charge is -2.35. The molecule has 4 heterocycles. The number of nitrogens with zero attached hydrogens (tertiary/aromatic N) is 4. The van der Waals surface area contributed by atoms with Crippen LogP contribution in [0.25, 0.3) is 22.0 Å². The van der Waals surface area contributed by atoms with Gasteiger partial charge in [-0.25, -0.2) is 13.2 Å². The molecule has 6 rings (SSSR count). The molecule has 3 fully saturated rings. The van der Waals surface area contributed by atoms with Crippen molar-refractivity contribution in [3.63, 3.8) is 0 Å². The lowest BCUT2D eigenvalue weighted by atomic mass is 9.96. The van der Waals surface area contributed by atoms with Gasteiger partial charge in [-0.3, -0.25) is 4.90 Å². The van der Waals surface area contributed by atoms with E-state index in [-0.39, 0.29) is 60.0 Å². The van der Waals surface area contributed by atoms with Crippen molar-refractivity contribution in [1.29, 1.82) is 0 Å². The summed E-state index contributed by atoms with van der Waals surface area (Å²) in [6, 6.07) is 5.10. The van der Waals surface area contributed by atoms with Crippen molar-refractivity contribution in [2.75, 3.05) is 38.2 Å². The Morgan fingerprint density at radius 1 is 1.05 bits per heavy atom. The Kier molecular flexibility index (Phi) is 6.60. The van der Waals surface area contributed by atoms with Crippen LogP contribution in [-0.4, -0.2) is 72.0 Å². The number of likely N-dealkylation sites (N-methyl/N-ethyl adjacent to an activating group) is 1. The number of rotatable bonds is 5. The monoisotopic (exact) mass is 565 g/mol. The fourth-order valence-electron chi connectivity index (χ4n) is 6.19. The molecule has 0 aliphatic carbocycles. The normalized spacial score (nSPS) is 27.1. The van der Waals surface area contributed by atoms with Crippen LogP contribution in [0.4, 0.5) is 32.2 Å². The highest BCUT2D eigenvalue weighted by molar-refractivity contribution is 5.95. The maximum absolute atomic E-state index is 16.2. The van der Waals surface area contributed by atoms with E-state index in [1.54, 1.807) is 7.05 Å². The Hall–Kier alpha value is -3.12. The molecule has 0 saturated carbocycles. The van der Waals surface area contributed by atoms with E-state index in [4.69, 9.17) is 4.74 Å². The van der Waals surface area contributed by atoms with Crippen LogP contribution in [0.15, 0.2) is 30.3 Å². The standard InChI is InChI=1S/C28H29F6N5O/c1-27(10-17(30)11-38(27)2)14-40-26-36-24-20(25(37-26)39-12-18-7-8-19(13-39)35-18)9-21(28(32,33)34)22(23(24)31)15-3-5-16(29)6-4-15/h3-6,9,17-19,35H,7-8,10-14H2,1-2H3/t17-,18?,19?,27-/m1/s1. The average molecular weight is 566 g/mol. The van der Waals surface area contributed by atoms with Gasteiger partial charge in [0, 0.05) is 49.1 Å².